The van der Waals surface area contributed by atoms with Crippen molar-refractivity contribution in [2.75, 3.05) is 24.6 Å². The number of sulfonamides is 1. The van der Waals surface area contributed by atoms with E-state index in [0.29, 0.717) is 47.6 Å². The third kappa shape index (κ3) is 3.66. The second-order valence-electron chi connectivity index (χ2n) is 7.69. The van der Waals surface area contributed by atoms with Crippen LogP contribution in [0.1, 0.15) is 35.9 Å². The number of hydrogen-bond donors (Lipinski definition) is 1. The lowest BCUT2D eigenvalue weighted by atomic mass is 9.99. The Morgan fingerprint density at radius 1 is 1.14 bits per heavy atom. The van der Waals surface area contributed by atoms with Crippen molar-refractivity contribution < 1.29 is 22.7 Å². The highest BCUT2D eigenvalue weighted by Gasteiger charge is 2.28. The number of fused-ring (bicyclic) bond motifs is 1. The van der Waals surface area contributed by atoms with Crippen molar-refractivity contribution in [1.82, 2.24) is 9.47 Å². The van der Waals surface area contributed by atoms with E-state index in [0.717, 1.165) is 12.8 Å². The molecule has 0 radical (unpaired) electrons. The third-order valence-electron chi connectivity index (χ3n) is 5.69. The fourth-order valence-corrected chi connectivity index (χ4v) is 5.03. The first kappa shape index (κ1) is 19.6. The van der Waals surface area contributed by atoms with Gasteiger partial charge in [-0.2, -0.15) is 0 Å². The van der Waals surface area contributed by atoms with Crippen LogP contribution in [0.5, 0.6) is 11.5 Å². The highest BCUT2D eigenvalue weighted by atomic mass is 32.2. The maximum atomic E-state index is 13.0. The van der Waals surface area contributed by atoms with E-state index in [2.05, 4.69) is 11.6 Å². The quantitative estimate of drug-likeness (QED) is 0.823. The van der Waals surface area contributed by atoms with Crippen LogP contribution in [0.15, 0.2) is 29.2 Å². The predicted molar refractivity (Wildman–Crippen MR) is 108 cm³/mol. The van der Waals surface area contributed by atoms with Crippen LogP contribution in [0.2, 0.25) is 0 Å². The van der Waals surface area contributed by atoms with Crippen molar-refractivity contribution in [2.24, 2.45) is 13.0 Å². The Hall–Kier alpha value is -2.68. The number of likely N-dealkylation sites (tertiary alicyclic amines) is 1. The fraction of sp³-hybridized carbons (Fsp3) is 0.450. The molecule has 1 fully saturated rings. The Balaban J connectivity index is 1.59. The standard InChI is InChI=1S/C20H25N3O5S/c1-13-6-8-23(9-7-13)20(24)16-11-19(14(2)22(16)3)29(25,26)21-15-4-5-17-18(10-15)28-12-27-17/h4-5,10-11,13,21H,6-9,12H2,1-3H3. The lowest BCUT2D eigenvalue weighted by Crippen LogP contribution is -2.38. The molecule has 0 atom stereocenters. The van der Waals surface area contributed by atoms with E-state index in [1.165, 1.54) is 6.07 Å². The minimum absolute atomic E-state index is 0.0893. The zero-order valence-corrected chi connectivity index (χ0v) is 17.6. The summed E-state index contributed by atoms with van der Waals surface area (Å²) in [6.45, 7) is 5.39. The van der Waals surface area contributed by atoms with Crippen LogP contribution in [0.3, 0.4) is 0 Å². The van der Waals surface area contributed by atoms with Gasteiger partial charge in [0.05, 0.1) is 5.69 Å². The van der Waals surface area contributed by atoms with Gasteiger partial charge in [-0.25, -0.2) is 8.42 Å². The summed E-state index contributed by atoms with van der Waals surface area (Å²) in [6, 6.07) is 6.32. The first-order chi connectivity index (χ1) is 13.8. The Labute approximate surface area is 170 Å². The lowest BCUT2D eigenvalue weighted by Gasteiger charge is -2.30. The summed E-state index contributed by atoms with van der Waals surface area (Å²) in [6.07, 6.45) is 1.93. The molecule has 0 unspecified atom stereocenters. The molecule has 1 amide bonds. The highest BCUT2D eigenvalue weighted by molar-refractivity contribution is 7.92. The minimum atomic E-state index is -3.87. The molecule has 8 nitrogen and oxygen atoms in total. The molecule has 4 rings (SSSR count). The molecule has 3 heterocycles. The summed E-state index contributed by atoms with van der Waals surface area (Å²) in [7, 11) is -2.16. The Morgan fingerprint density at radius 3 is 2.55 bits per heavy atom. The van der Waals surface area contributed by atoms with Gasteiger partial charge in [-0.15, -0.1) is 0 Å². The number of piperidine rings is 1. The van der Waals surface area contributed by atoms with Gasteiger partial charge in [-0.1, -0.05) is 6.92 Å². The SMILES string of the molecule is Cc1c(S(=O)(=O)Nc2ccc3c(c2)OCO3)cc(C(=O)N2CCC(C)CC2)n1C. The average Bonchev–Trinajstić information content (AvgIpc) is 3.26. The van der Waals surface area contributed by atoms with E-state index >= 15 is 0 Å². The highest BCUT2D eigenvalue weighted by Crippen LogP contribution is 2.35. The Bertz CT molecular complexity index is 1050. The van der Waals surface area contributed by atoms with Crippen LogP contribution in [0.25, 0.3) is 0 Å². The molecule has 0 spiro atoms. The summed E-state index contributed by atoms with van der Waals surface area (Å²) < 4.78 is 40.8. The number of amides is 1. The van der Waals surface area contributed by atoms with E-state index in [1.54, 1.807) is 41.6 Å². The van der Waals surface area contributed by atoms with Crippen LogP contribution in [0.4, 0.5) is 5.69 Å². The predicted octanol–water partition coefficient (Wildman–Crippen LogP) is 2.74. The maximum absolute atomic E-state index is 13.0. The summed E-state index contributed by atoms with van der Waals surface area (Å²) in [4.78, 5) is 14.9. The molecule has 29 heavy (non-hydrogen) atoms. The molecular formula is C20H25N3O5S. The summed E-state index contributed by atoms with van der Waals surface area (Å²) in [5.74, 6) is 1.54. The molecule has 2 aromatic rings. The first-order valence-corrected chi connectivity index (χ1v) is 11.1. The largest absolute Gasteiger partial charge is 0.454 e. The molecular weight excluding hydrogens is 394 g/mol. The van der Waals surface area contributed by atoms with Gasteiger partial charge < -0.3 is 18.9 Å². The van der Waals surface area contributed by atoms with Gasteiger partial charge in [-0.3, -0.25) is 9.52 Å². The monoisotopic (exact) mass is 419 g/mol. The van der Waals surface area contributed by atoms with E-state index in [4.69, 9.17) is 9.47 Å². The molecule has 9 heteroatoms. The zero-order chi connectivity index (χ0) is 20.8. The normalized spacial score (nSPS) is 16.9. The molecule has 0 aliphatic carbocycles. The number of anilines is 1. The van der Waals surface area contributed by atoms with Crippen LogP contribution in [-0.2, 0) is 17.1 Å². The van der Waals surface area contributed by atoms with Crippen molar-refractivity contribution in [3.8, 4) is 11.5 Å². The van der Waals surface area contributed by atoms with Gasteiger partial charge in [0.25, 0.3) is 15.9 Å². The van der Waals surface area contributed by atoms with Crippen molar-refractivity contribution in [3.63, 3.8) is 0 Å². The number of carbonyl (C=O) groups excluding carboxylic acids is 1. The third-order valence-corrected chi connectivity index (χ3v) is 7.19. The van der Waals surface area contributed by atoms with Crippen molar-refractivity contribution in [1.29, 1.82) is 0 Å². The van der Waals surface area contributed by atoms with E-state index in [-0.39, 0.29) is 17.6 Å². The zero-order valence-electron chi connectivity index (χ0n) is 16.8. The molecule has 0 saturated carbocycles. The molecule has 0 bridgehead atoms. The van der Waals surface area contributed by atoms with Gasteiger partial charge in [0, 0.05) is 31.9 Å². The van der Waals surface area contributed by atoms with Gasteiger partial charge >= 0.3 is 0 Å². The average molecular weight is 420 g/mol. The molecule has 1 saturated heterocycles. The number of aromatic nitrogens is 1. The van der Waals surface area contributed by atoms with E-state index in [9.17, 15) is 13.2 Å². The summed E-state index contributed by atoms with van der Waals surface area (Å²) in [5, 5.41) is 0. The number of carbonyl (C=O) groups is 1. The fourth-order valence-electron chi connectivity index (χ4n) is 3.69. The first-order valence-electron chi connectivity index (χ1n) is 9.64. The van der Waals surface area contributed by atoms with Crippen LogP contribution in [-0.4, -0.2) is 43.7 Å². The Kier molecular flexibility index (Phi) is 4.94. The second-order valence-corrected chi connectivity index (χ2v) is 9.34. The Morgan fingerprint density at radius 2 is 1.83 bits per heavy atom. The van der Waals surface area contributed by atoms with Crippen LogP contribution >= 0.6 is 0 Å². The lowest BCUT2D eigenvalue weighted by molar-refractivity contribution is 0.0687. The number of hydrogen-bond acceptors (Lipinski definition) is 5. The number of benzene rings is 1. The summed E-state index contributed by atoms with van der Waals surface area (Å²) >= 11 is 0. The van der Waals surface area contributed by atoms with Crippen LogP contribution in [0, 0.1) is 12.8 Å². The van der Waals surface area contributed by atoms with Crippen molar-refractivity contribution in [3.05, 3.63) is 35.7 Å². The van der Waals surface area contributed by atoms with Crippen molar-refractivity contribution in [2.45, 2.75) is 31.6 Å². The summed E-state index contributed by atoms with van der Waals surface area (Å²) in [5.41, 5.74) is 1.26. The van der Waals surface area contributed by atoms with Gasteiger partial charge in [0.2, 0.25) is 6.79 Å². The molecule has 1 N–H and O–H groups in total. The number of ether oxygens (including phenoxy) is 2. The molecule has 2 aliphatic rings. The van der Waals surface area contributed by atoms with Gasteiger partial charge in [0.1, 0.15) is 10.6 Å². The number of nitrogens with one attached hydrogen (secondary N) is 1. The molecule has 1 aromatic heterocycles. The van der Waals surface area contributed by atoms with E-state index in [1.807, 2.05) is 0 Å². The number of nitrogens with zero attached hydrogens (tertiary/aromatic N) is 2. The molecule has 156 valence electrons. The van der Waals surface area contributed by atoms with Gasteiger partial charge in [0.15, 0.2) is 11.5 Å². The van der Waals surface area contributed by atoms with Crippen molar-refractivity contribution >= 4 is 21.6 Å². The molecule has 2 aliphatic heterocycles. The van der Waals surface area contributed by atoms with E-state index < -0.39 is 10.0 Å². The smallest absolute Gasteiger partial charge is 0.270 e. The van der Waals surface area contributed by atoms with Crippen LogP contribution < -0.4 is 14.2 Å². The van der Waals surface area contributed by atoms with Gasteiger partial charge in [-0.05, 0) is 43.9 Å². The topological polar surface area (TPSA) is 89.9 Å². The minimum Gasteiger partial charge on any atom is -0.454 e. The second kappa shape index (κ2) is 7.29. The molecule has 1 aromatic carbocycles. The maximum Gasteiger partial charge on any atom is 0.270 e. The number of rotatable bonds is 4.